The first-order valence-electron chi connectivity index (χ1n) is 4.87. The molecular weight excluding hydrogens is 218 g/mol. The van der Waals surface area contributed by atoms with Crippen LogP contribution in [0.4, 0.5) is 8.78 Å². The van der Waals surface area contributed by atoms with E-state index in [0.29, 0.717) is 18.4 Å². The van der Waals surface area contributed by atoms with Crippen molar-refractivity contribution >= 4 is 14.5 Å². The lowest BCUT2D eigenvalue weighted by Crippen LogP contribution is -2.37. The Morgan fingerprint density at radius 1 is 1.07 bits per heavy atom. The Bertz CT molecular complexity index is 314. The predicted octanol–water partition coefficient (Wildman–Crippen LogP) is 1.47. The zero-order valence-electron chi connectivity index (χ0n) is 8.80. The van der Waals surface area contributed by atoms with E-state index in [1.54, 1.807) is 0 Å². The Kier molecular flexibility index (Phi) is 4.87. The van der Waals surface area contributed by atoms with Gasteiger partial charge in [0.15, 0.2) is 11.6 Å². The van der Waals surface area contributed by atoms with Gasteiger partial charge >= 0.3 is 9.28 Å². The van der Waals surface area contributed by atoms with Gasteiger partial charge in [-0.15, -0.1) is 0 Å². The molecule has 0 spiro atoms. The van der Waals surface area contributed by atoms with Crippen molar-refractivity contribution in [1.82, 2.24) is 0 Å². The van der Waals surface area contributed by atoms with Crippen LogP contribution in [-0.2, 0) is 8.85 Å². The Morgan fingerprint density at radius 2 is 1.67 bits per heavy atom. The van der Waals surface area contributed by atoms with E-state index in [1.807, 2.05) is 13.8 Å². The first-order chi connectivity index (χ1) is 7.19. The average Bonchev–Trinajstić information content (AvgIpc) is 2.22. The summed E-state index contributed by atoms with van der Waals surface area (Å²) in [5.74, 6) is -1.70. The van der Waals surface area contributed by atoms with Crippen molar-refractivity contribution in [2.45, 2.75) is 13.8 Å². The van der Waals surface area contributed by atoms with Crippen LogP contribution < -0.4 is 5.19 Å². The average molecular weight is 232 g/mol. The van der Waals surface area contributed by atoms with E-state index in [4.69, 9.17) is 8.85 Å². The van der Waals surface area contributed by atoms with Gasteiger partial charge < -0.3 is 8.85 Å². The third-order valence-electron chi connectivity index (χ3n) is 1.85. The van der Waals surface area contributed by atoms with Crippen molar-refractivity contribution in [2.24, 2.45) is 0 Å². The molecule has 0 aromatic heterocycles. The quantitative estimate of drug-likeness (QED) is 0.716. The van der Waals surface area contributed by atoms with Crippen LogP contribution in [0.5, 0.6) is 0 Å². The van der Waals surface area contributed by atoms with E-state index in [0.717, 1.165) is 12.1 Å². The van der Waals surface area contributed by atoms with Crippen molar-refractivity contribution in [2.75, 3.05) is 13.2 Å². The van der Waals surface area contributed by atoms with Gasteiger partial charge in [-0.1, -0.05) is 6.07 Å². The maximum Gasteiger partial charge on any atom is 0.355 e. The Hall–Kier alpha value is -0.783. The summed E-state index contributed by atoms with van der Waals surface area (Å²) in [5.41, 5.74) is 0. The molecule has 1 aromatic carbocycles. The molecule has 0 amide bonds. The molecule has 0 saturated heterocycles. The standard InChI is InChI=1S/C10H14F2O2Si/c1-3-13-15(14-4-2)8-5-6-9(11)10(12)7-8/h5-7,15H,3-4H2,1-2H3. The summed E-state index contributed by atoms with van der Waals surface area (Å²) in [4.78, 5) is 0. The lowest BCUT2D eigenvalue weighted by atomic mass is 10.3. The second-order valence-electron chi connectivity index (χ2n) is 2.92. The van der Waals surface area contributed by atoms with E-state index < -0.39 is 20.9 Å². The fraction of sp³-hybridized carbons (Fsp3) is 0.400. The molecule has 0 heterocycles. The molecule has 2 nitrogen and oxygen atoms in total. The van der Waals surface area contributed by atoms with E-state index >= 15 is 0 Å². The Balaban J connectivity index is 2.85. The molecule has 0 fully saturated rings. The summed E-state index contributed by atoms with van der Waals surface area (Å²) in [7, 11) is -2.05. The molecule has 1 aromatic rings. The van der Waals surface area contributed by atoms with E-state index in [2.05, 4.69) is 0 Å². The van der Waals surface area contributed by atoms with Crippen molar-refractivity contribution in [3.05, 3.63) is 29.8 Å². The Labute approximate surface area is 89.7 Å². The van der Waals surface area contributed by atoms with Crippen molar-refractivity contribution in [3.8, 4) is 0 Å². The van der Waals surface area contributed by atoms with Crippen LogP contribution in [0.1, 0.15) is 13.8 Å². The first kappa shape index (κ1) is 12.3. The van der Waals surface area contributed by atoms with Gasteiger partial charge in [-0.3, -0.25) is 0 Å². The molecule has 0 atom stereocenters. The largest absolute Gasteiger partial charge is 0.394 e. The van der Waals surface area contributed by atoms with Crippen LogP contribution in [0.15, 0.2) is 18.2 Å². The predicted molar refractivity (Wildman–Crippen MR) is 56.4 cm³/mol. The van der Waals surface area contributed by atoms with Crippen LogP contribution >= 0.6 is 0 Å². The van der Waals surface area contributed by atoms with Gasteiger partial charge in [0.05, 0.1) is 0 Å². The van der Waals surface area contributed by atoms with Crippen molar-refractivity contribution in [1.29, 1.82) is 0 Å². The minimum Gasteiger partial charge on any atom is -0.394 e. The second-order valence-corrected chi connectivity index (χ2v) is 4.91. The molecular formula is C10H14F2O2Si. The number of benzene rings is 1. The van der Waals surface area contributed by atoms with Gasteiger partial charge in [-0.2, -0.15) is 0 Å². The molecule has 5 heteroatoms. The van der Waals surface area contributed by atoms with Crippen LogP contribution in [0.2, 0.25) is 0 Å². The van der Waals surface area contributed by atoms with Gasteiger partial charge in [0.25, 0.3) is 0 Å². The molecule has 1 rings (SSSR count). The highest BCUT2D eigenvalue weighted by atomic mass is 28.3. The maximum atomic E-state index is 13.0. The zero-order valence-corrected chi connectivity index (χ0v) is 9.95. The summed E-state index contributed by atoms with van der Waals surface area (Å²) >= 11 is 0. The van der Waals surface area contributed by atoms with Crippen LogP contribution in [0.3, 0.4) is 0 Å². The van der Waals surface area contributed by atoms with E-state index in [9.17, 15) is 8.78 Å². The lowest BCUT2D eigenvalue weighted by molar-refractivity contribution is 0.225. The molecule has 0 aliphatic carbocycles. The third kappa shape index (κ3) is 3.37. The number of hydrogen-bond acceptors (Lipinski definition) is 2. The highest BCUT2D eigenvalue weighted by Crippen LogP contribution is 2.03. The molecule has 0 aliphatic heterocycles. The molecule has 15 heavy (non-hydrogen) atoms. The van der Waals surface area contributed by atoms with Crippen molar-refractivity contribution < 1.29 is 17.6 Å². The second kappa shape index (κ2) is 5.94. The summed E-state index contributed by atoms with van der Waals surface area (Å²) in [5, 5.41) is 0.623. The minimum absolute atomic E-state index is 0.510. The van der Waals surface area contributed by atoms with Gasteiger partial charge in [-0.25, -0.2) is 8.78 Å². The van der Waals surface area contributed by atoms with Gasteiger partial charge in [0, 0.05) is 13.2 Å². The number of hydrogen-bond donors (Lipinski definition) is 0. The smallest absolute Gasteiger partial charge is 0.355 e. The third-order valence-corrected chi connectivity index (χ3v) is 4.03. The zero-order chi connectivity index (χ0) is 11.3. The summed E-state index contributed by atoms with van der Waals surface area (Å²) < 4.78 is 36.4. The van der Waals surface area contributed by atoms with Gasteiger partial charge in [0.1, 0.15) is 0 Å². The Morgan fingerprint density at radius 3 is 2.13 bits per heavy atom. The van der Waals surface area contributed by atoms with E-state index in [-0.39, 0.29) is 0 Å². The number of halogens is 2. The SMILES string of the molecule is CCO[SiH](OCC)c1ccc(F)c(F)c1. The van der Waals surface area contributed by atoms with Crippen LogP contribution in [0, 0.1) is 11.6 Å². The molecule has 0 bridgehead atoms. The van der Waals surface area contributed by atoms with Crippen molar-refractivity contribution in [3.63, 3.8) is 0 Å². The van der Waals surface area contributed by atoms with E-state index in [1.165, 1.54) is 6.07 Å². The fourth-order valence-electron chi connectivity index (χ4n) is 1.20. The maximum absolute atomic E-state index is 13.0. The highest BCUT2D eigenvalue weighted by Gasteiger charge is 2.17. The molecule has 0 saturated carbocycles. The fourth-order valence-corrected chi connectivity index (χ4v) is 2.82. The summed E-state index contributed by atoms with van der Waals surface area (Å²) in [6, 6.07) is 3.76. The lowest BCUT2D eigenvalue weighted by Gasteiger charge is -2.14. The molecule has 0 aliphatic rings. The number of rotatable bonds is 5. The molecule has 0 radical (unpaired) electrons. The topological polar surface area (TPSA) is 18.5 Å². The van der Waals surface area contributed by atoms with Gasteiger partial charge in [0.2, 0.25) is 0 Å². The molecule has 0 N–H and O–H groups in total. The monoisotopic (exact) mass is 232 g/mol. The molecule has 84 valence electrons. The summed E-state index contributed by atoms with van der Waals surface area (Å²) in [6.45, 7) is 4.71. The highest BCUT2D eigenvalue weighted by molar-refractivity contribution is 6.61. The van der Waals surface area contributed by atoms with Gasteiger partial charge in [-0.05, 0) is 31.2 Å². The van der Waals surface area contributed by atoms with Crippen LogP contribution in [-0.4, -0.2) is 22.5 Å². The normalized spacial score (nSPS) is 11.0. The molecule has 0 unspecified atom stereocenters. The minimum atomic E-state index is -2.05. The first-order valence-corrected chi connectivity index (χ1v) is 6.39. The summed E-state index contributed by atoms with van der Waals surface area (Å²) in [6.07, 6.45) is 0. The van der Waals surface area contributed by atoms with Crippen LogP contribution in [0.25, 0.3) is 0 Å².